The van der Waals surface area contributed by atoms with E-state index >= 15 is 0 Å². The summed E-state index contributed by atoms with van der Waals surface area (Å²) >= 11 is 0. The molecule has 73 heavy (non-hydrogen) atoms. The average molecular weight is 1030 g/mol. The molecule has 0 unspecified atom stereocenters. The maximum Gasteiger partial charge on any atom is 0.331 e. The highest BCUT2D eigenvalue weighted by atomic mass is 16.8. The van der Waals surface area contributed by atoms with Crippen molar-refractivity contribution in [3.05, 3.63) is 82.5 Å². The Kier molecular flexibility index (Phi) is 16.3. The van der Waals surface area contributed by atoms with E-state index in [-0.39, 0.29) is 28.4 Å². The van der Waals surface area contributed by atoms with Gasteiger partial charge in [-0.25, -0.2) is 4.79 Å². The molecule has 4 aliphatic rings. The van der Waals surface area contributed by atoms with Crippen LogP contribution in [0.15, 0.2) is 76.0 Å². The van der Waals surface area contributed by atoms with Crippen molar-refractivity contribution < 1.29 is 118 Å². The number of hydrogen-bond donors (Lipinski definition) is 13. The van der Waals surface area contributed by atoms with Crippen LogP contribution in [0.4, 0.5) is 0 Å². The normalized spacial score (nSPS) is 37.0. The minimum Gasteiger partial charge on any atom is -0.508 e. The Morgan fingerprint density at radius 1 is 0.589 bits per heavy atom. The lowest BCUT2D eigenvalue weighted by Gasteiger charge is -2.47. The van der Waals surface area contributed by atoms with Crippen LogP contribution in [0.2, 0.25) is 0 Å². The third kappa shape index (κ3) is 11.3. The Balaban J connectivity index is 1.20. The Bertz CT molecular complexity index is 2620. The summed E-state index contributed by atoms with van der Waals surface area (Å²) in [7, 11) is 0. The zero-order valence-corrected chi connectivity index (χ0v) is 38.9. The molecule has 4 aromatic rings. The van der Waals surface area contributed by atoms with E-state index in [1.54, 1.807) is 0 Å². The molecule has 0 amide bonds. The molecule has 4 saturated heterocycles. The van der Waals surface area contributed by atoms with Crippen LogP contribution < -0.4 is 14.9 Å². The van der Waals surface area contributed by atoms with Gasteiger partial charge in [0.2, 0.25) is 23.8 Å². The summed E-state index contributed by atoms with van der Waals surface area (Å²) in [5, 5.41) is 138. The Morgan fingerprint density at radius 3 is 1.73 bits per heavy atom. The van der Waals surface area contributed by atoms with Gasteiger partial charge in [-0.15, -0.1) is 0 Å². The van der Waals surface area contributed by atoms with Crippen LogP contribution in [0.25, 0.3) is 28.4 Å². The van der Waals surface area contributed by atoms with E-state index in [0.717, 1.165) is 18.2 Å². The van der Waals surface area contributed by atoms with Crippen molar-refractivity contribution in [2.45, 2.75) is 144 Å². The van der Waals surface area contributed by atoms with Gasteiger partial charge in [-0.1, -0.05) is 12.1 Å². The van der Waals surface area contributed by atoms with Gasteiger partial charge >= 0.3 is 5.97 Å². The van der Waals surface area contributed by atoms with E-state index in [9.17, 15) is 76.0 Å². The first-order valence-electron chi connectivity index (χ1n) is 23.0. The Labute approximate surface area is 413 Å². The lowest BCUT2D eigenvalue weighted by Crippen LogP contribution is -2.65. The highest BCUT2D eigenvalue weighted by Gasteiger charge is 2.54. The van der Waals surface area contributed by atoms with Gasteiger partial charge in [-0.3, -0.25) is 4.79 Å². The Hall–Kier alpha value is -5.56. The van der Waals surface area contributed by atoms with E-state index in [4.69, 9.17) is 47.0 Å². The van der Waals surface area contributed by atoms with Gasteiger partial charge in [0, 0.05) is 23.8 Å². The van der Waals surface area contributed by atoms with Gasteiger partial charge in [0.25, 0.3) is 0 Å². The second-order valence-electron chi connectivity index (χ2n) is 18.0. The molecule has 25 heteroatoms. The van der Waals surface area contributed by atoms with E-state index in [2.05, 4.69) is 0 Å². The summed E-state index contributed by atoms with van der Waals surface area (Å²) in [6.07, 6.45) is -31.8. The summed E-state index contributed by atoms with van der Waals surface area (Å²) in [4.78, 5) is 28.4. The fraction of sp³-hybridized carbons (Fsp3) is 0.500. The zero-order valence-electron chi connectivity index (χ0n) is 38.9. The second kappa shape index (κ2) is 22.1. The first-order chi connectivity index (χ1) is 34.6. The predicted octanol–water partition coefficient (Wildman–Crippen LogP) is -2.07. The van der Waals surface area contributed by atoms with Crippen LogP contribution in [0.1, 0.15) is 26.3 Å². The maximum atomic E-state index is 14.8. The molecule has 5 heterocycles. The highest BCUT2D eigenvalue weighted by molar-refractivity contribution is 5.88. The second-order valence-corrected chi connectivity index (χ2v) is 18.0. The van der Waals surface area contributed by atoms with Gasteiger partial charge in [0.15, 0.2) is 30.5 Å². The molecule has 25 nitrogen and oxygen atoms in total. The molecule has 8 rings (SSSR count). The number of aromatic hydroxyl groups is 3. The number of benzene rings is 3. The summed E-state index contributed by atoms with van der Waals surface area (Å²) < 4.78 is 59.0. The molecule has 0 bridgehead atoms. The summed E-state index contributed by atoms with van der Waals surface area (Å²) in [5.41, 5.74) is -1.04. The molecule has 0 spiro atoms. The molecular formula is C48H56O25. The number of ether oxygens (including phenoxy) is 9. The highest BCUT2D eigenvalue weighted by Crippen LogP contribution is 2.40. The lowest BCUT2D eigenvalue weighted by atomic mass is 9.97. The van der Waals surface area contributed by atoms with Crippen molar-refractivity contribution in [2.75, 3.05) is 6.61 Å². The topological polar surface area (TPSA) is 393 Å². The summed E-state index contributed by atoms with van der Waals surface area (Å²) in [5.74, 6) is -3.66. The predicted molar refractivity (Wildman–Crippen MR) is 242 cm³/mol. The smallest absolute Gasteiger partial charge is 0.331 e. The van der Waals surface area contributed by atoms with Gasteiger partial charge in [0.05, 0.1) is 24.9 Å². The average Bonchev–Trinajstić information content (AvgIpc) is 3.36. The third-order valence-corrected chi connectivity index (χ3v) is 12.8. The number of aliphatic hydroxyl groups is 10. The van der Waals surface area contributed by atoms with E-state index in [1.807, 2.05) is 0 Å². The minimum atomic E-state index is -2.16. The first-order valence-corrected chi connectivity index (χ1v) is 23.0. The largest absolute Gasteiger partial charge is 0.508 e. The van der Waals surface area contributed by atoms with Crippen molar-refractivity contribution in [1.29, 1.82) is 0 Å². The van der Waals surface area contributed by atoms with Gasteiger partial charge < -0.3 is 113 Å². The summed E-state index contributed by atoms with van der Waals surface area (Å²) in [6, 6.07) is 12.8. The van der Waals surface area contributed by atoms with E-state index in [1.165, 1.54) is 75.4 Å². The molecule has 0 radical (unpaired) electrons. The van der Waals surface area contributed by atoms with Crippen LogP contribution in [0.3, 0.4) is 0 Å². The van der Waals surface area contributed by atoms with Gasteiger partial charge in [-0.05, 0) is 68.8 Å². The fourth-order valence-electron chi connectivity index (χ4n) is 8.56. The number of carbonyl (C=O) groups excluding carboxylic acids is 1. The van der Waals surface area contributed by atoms with Crippen LogP contribution in [-0.4, -0.2) is 202 Å². The van der Waals surface area contributed by atoms with Crippen molar-refractivity contribution in [2.24, 2.45) is 0 Å². The van der Waals surface area contributed by atoms with Crippen molar-refractivity contribution in [1.82, 2.24) is 0 Å². The molecule has 3 aromatic carbocycles. The molecule has 398 valence electrons. The number of rotatable bonds is 13. The van der Waals surface area contributed by atoms with Gasteiger partial charge in [0.1, 0.15) is 101 Å². The number of fused-ring (bicyclic) bond motifs is 1. The number of carbonyl (C=O) groups is 1. The number of hydrogen-bond acceptors (Lipinski definition) is 25. The first kappa shape index (κ1) is 53.7. The van der Waals surface area contributed by atoms with Gasteiger partial charge in [-0.2, -0.15) is 0 Å². The molecular weight excluding hydrogens is 977 g/mol. The number of esters is 1. The van der Waals surface area contributed by atoms with E-state index in [0.29, 0.717) is 5.56 Å². The van der Waals surface area contributed by atoms with Crippen molar-refractivity contribution in [3.8, 4) is 40.1 Å². The zero-order chi connectivity index (χ0) is 52.7. The molecule has 1 aromatic heterocycles. The van der Waals surface area contributed by atoms with E-state index < -0.39 is 163 Å². The quantitative estimate of drug-likeness (QED) is 0.0505. The molecule has 20 atom stereocenters. The summed E-state index contributed by atoms with van der Waals surface area (Å²) in [6.45, 7) is 3.34. The number of phenols is 3. The standard InChI is InChI=1S/C48H56O25/c1-17-30(53)34(57)37(60)45(65-17)64-16-27-42(71-28(52)13-6-20-4-9-22(49)10-5-20)40(63)44(73-47-39(62)36(59)32(55)19(3)67-47)48(70-27)72-43-33(56)29-25(51)14-24(68-46-38(61)35(58)31(54)18(2)66-46)15-26(29)69-41(43)21-7-11-23(50)12-8-21/h4-15,17-19,27,30-32,34-40,42,44-51,53-55,57-63H,16H2,1-3H3/b13-6-/t17-,18-,19-,27+,30-,31-,32-,34+,35+,36+,37+,38+,39+,40-,42-,44+,45+,46-,47-,48-/m0/s1. The Morgan fingerprint density at radius 2 is 1.12 bits per heavy atom. The molecule has 13 N–H and O–H groups in total. The van der Waals surface area contributed by atoms with Crippen molar-refractivity contribution >= 4 is 23.0 Å². The lowest BCUT2D eigenvalue weighted by molar-refractivity contribution is -0.360. The number of aliphatic hydroxyl groups excluding tert-OH is 10. The van der Waals surface area contributed by atoms with Crippen LogP contribution in [-0.2, 0) is 38.0 Å². The van der Waals surface area contributed by atoms with Crippen molar-refractivity contribution in [3.63, 3.8) is 0 Å². The fourth-order valence-corrected chi connectivity index (χ4v) is 8.56. The monoisotopic (exact) mass is 1030 g/mol. The molecule has 4 fully saturated rings. The molecule has 0 aliphatic carbocycles. The minimum absolute atomic E-state index is 0.0331. The SMILES string of the molecule is C[C@@H]1O[C@@H](OC[C@H]2O[C@@H](Oc3c(-c4ccc(O)cc4)oc4cc(O[C@@H]5O[C@@H](C)[C@H](O)[C@@H](O)[C@H]5O)cc(O)c4c3=O)[C@H](O[C@@H]3O[C@@H](C)[C@H](O)[C@@H](O)[C@H]3O)[C@@H](O)[C@H]2OC(=O)/C=C\c2ccc(O)cc2)[C@H](O)[C@H](O)[C@H]1O. The van der Waals surface area contributed by atoms with Crippen LogP contribution in [0, 0.1) is 0 Å². The molecule has 4 aliphatic heterocycles. The number of phenolic OH excluding ortho intramolecular Hbond substituents is 3. The van der Waals surface area contributed by atoms with Crippen LogP contribution in [0.5, 0.6) is 28.7 Å². The van der Waals surface area contributed by atoms with Crippen LogP contribution >= 0.6 is 0 Å². The molecule has 0 saturated carbocycles. The maximum absolute atomic E-state index is 14.8. The third-order valence-electron chi connectivity index (χ3n) is 12.8.